The smallest absolute Gasteiger partial charge is 0.303 e. The summed E-state index contributed by atoms with van der Waals surface area (Å²) in [5.41, 5.74) is 5.74. The number of carbonyl (C=O) groups excluding carboxylic acids is 1. The molecule has 1 fully saturated rings. The standard InChI is InChI=1S/C33H36N4O6S/c38-19-22-11-13-24(14-12-22)29-17-28(20-44-33-35-21-36-37-33)42-32(43-29)27-8-4-7-26(16-27)25-6-3-5-23(15-25)18-34-30(39)9-1-2-10-31(40)41/h3-8,11-16,21,28-29,32,38H,1-2,9-10,17-20H2,(H,34,39)(H,40,41)(H,35,36,37)/t28-,29+,32+/m1/s1. The number of aliphatic hydroxyl groups is 1. The van der Waals surface area contributed by atoms with Gasteiger partial charge in [0.2, 0.25) is 5.91 Å². The highest BCUT2D eigenvalue weighted by atomic mass is 32.2. The molecule has 0 saturated carbocycles. The molecule has 0 unspecified atom stereocenters. The molecule has 3 aromatic carbocycles. The second-order valence-electron chi connectivity index (χ2n) is 10.7. The maximum Gasteiger partial charge on any atom is 0.303 e. The number of unbranched alkanes of at least 4 members (excludes halogenated alkanes) is 1. The number of aromatic amines is 1. The van der Waals surface area contributed by atoms with Gasteiger partial charge in [0, 0.05) is 37.1 Å². The van der Waals surface area contributed by atoms with Crippen LogP contribution in [0.2, 0.25) is 0 Å². The van der Waals surface area contributed by atoms with Gasteiger partial charge in [-0.05, 0) is 52.8 Å². The Balaban J connectivity index is 1.27. The van der Waals surface area contributed by atoms with Gasteiger partial charge in [-0.15, -0.1) is 0 Å². The van der Waals surface area contributed by atoms with E-state index in [1.54, 1.807) is 11.8 Å². The molecule has 10 nitrogen and oxygen atoms in total. The number of carboxylic acid groups (broad SMARTS) is 1. The van der Waals surface area contributed by atoms with Crippen molar-refractivity contribution in [2.75, 3.05) is 5.75 Å². The van der Waals surface area contributed by atoms with Gasteiger partial charge >= 0.3 is 5.97 Å². The lowest BCUT2D eigenvalue weighted by Gasteiger charge is -2.36. The highest BCUT2D eigenvalue weighted by Gasteiger charge is 2.32. The number of aromatic nitrogens is 3. The van der Waals surface area contributed by atoms with Gasteiger partial charge < -0.3 is 25.0 Å². The molecule has 4 N–H and O–H groups in total. The predicted molar refractivity (Wildman–Crippen MR) is 165 cm³/mol. The van der Waals surface area contributed by atoms with E-state index in [4.69, 9.17) is 14.6 Å². The number of nitrogens with zero attached hydrogens (tertiary/aromatic N) is 2. The van der Waals surface area contributed by atoms with Gasteiger partial charge in [0.1, 0.15) is 6.33 Å². The van der Waals surface area contributed by atoms with E-state index in [1.807, 2.05) is 60.7 Å². The lowest BCUT2D eigenvalue weighted by atomic mass is 9.99. The Hall–Kier alpha value is -4.03. The number of aliphatic carboxylic acids is 1. The molecule has 230 valence electrons. The van der Waals surface area contributed by atoms with Crippen LogP contribution in [0.25, 0.3) is 11.1 Å². The monoisotopic (exact) mass is 616 g/mol. The van der Waals surface area contributed by atoms with Gasteiger partial charge in [0.15, 0.2) is 11.4 Å². The summed E-state index contributed by atoms with van der Waals surface area (Å²) in [7, 11) is 0. The van der Waals surface area contributed by atoms with Gasteiger partial charge in [-0.3, -0.25) is 14.7 Å². The van der Waals surface area contributed by atoms with Crippen LogP contribution >= 0.6 is 11.8 Å². The fraction of sp³-hybridized carbons (Fsp3) is 0.333. The molecular formula is C33H36N4O6S. The van der Waals surface area contributed by atoms with Crippen molar-refractivity contribution >= 4 is 23.6 Å². The summed E-state index contributed by atoms with van der Waals surface area (Å²) < 4.78 is 13.0. The molecule has 0 spiro atoms. The third-order valence-corrected chi connectivity index (χ3v) is 8.38. The van der Waals surface area contributed by atoms with Crippen molar-refractivity contribution < 1.29 is 29.3 Å². The number of hydrogen-bond acceptors (Lipinski definition) is 8. The number of carbonyl (C=O) groups is 2. The van der Waals surface area contributed by atoms with Crippen molar-refractivity contribution in [2.24, 2.45) is 0 Å². The van der Waals surface area contributed by atoms with Crippen LogP contribution in [0.15, 0.2) is 84.3 Å². The summed E-state index contributed by atoms with van der Waals surface area (Å²) in [6, 6.07) is 23.9. The molecule has 3 atom stereocenters. The third kappa shape index (κ3) is 8.99. The second kappa shape index (κ2) is 15.6. The number of aliphatic hydroxyl groups excluding tert-OH is 1. The number of nitrogens with one attached hydrogen (secondary N) is 2. The maximum absolute atomic E-state index is 12.2. The molecule has 1 aliphatic rings. The molecule has 44 heavy (non-hydrogen) atoms. The Morgan fingerprint density at radius 1 is 0.932 bits per heavy atom. The van der Waals surface area contributed by atoms with E-state index in [0.717, 1.165) is 38.5 Å². The average Bonchev–Trinajstić information content (AvgIpc) is 3.59. The van der Waals surface area contributed by atoms with Crippen molar-refractivity contribution in [3.05, 3.63) is 101 Å². The van der Waals surface area contributed by atoms with Crippen molar-refractivity contribution in [3.63, 3.8) is 0 Å². The zero-order valence-electron chi connectivity index (χ0n) is 24.2. The first kappa shape index (κ1) is 31.4. The normalized spacial score (nSPS) is 18.2. The van der Waals surface area contributed by atoms with E-state index < -0.39 is 12.3 Å². The zero-order chi connectivity index (χ0) is 30.7. The molecule has 4 aromatic rings. The largest absolute Gasteiger partial charge is 0.481 e. The van der Waals surface area contributed by atoms with Crippen molar-refractivity contribution in [1.82, 2.24) is 20.5 Å². The highest BCUT2D eigenvalue weighted by molar-refractivity contribution is 7.99. The molecule has 1 aromatic heterocycles. The number of carboxylic acids is 1. The first-order valence-corrected chi connectivity index (χ1v) is 15.6. The van der Waals surface area contributed by atoms with E-state index in [-0.39, 0.29) is 31.1 Å². The first-order valence-electron chi connectivity index (χ1n) is 14.6. The molecule has 1 amide bonds. The molecule has 1 saturated heterocycles. The van der Waals surface area contributed by atoms with Crippen LogP contribution in [-0.2, 0) is 32.2 Å². The first-order chi connectivity index (χ1) is 21.5. The summed E-state index contributed by atoms with van der Waals surface area (Å²) in [4.78, 5) is 27.1. The Morgan fingerprint density at radius 3 is 2.45 bits per heavy atom. The molecule has 2 heterocycles. The van der Waals surface area contributed by atoms with E-state index in [1.165, 1.54) is 6.33 Å². The van der Waals surface area contributed by atoms with Gasteiger partial charge in [-0.1, -0.05) is 72.4 Å². The second-order valence-corrected chi connectivity index (χ2v) is 11.7. The summed E-state index contributed by atoms with van der Waals surface area (Å²) in [6.45, 7) is 0.379. The van der Waals surface area contributed by atoms with Gasteiger partial charge in [-0.25, -0.2) is 4.98 Å². The molecule has 0 radical (unpaired) electrons. The maximum atomic E-state index is 12.2. The molecule has 0 aliphatic carbocycles. The number of thioether (sulfide) groups is 1. The van der Waals surface area contributed by atoms with Crippen LogP contribution < -0.4 is 5.32 Å². The topological polar surface area (TPSA) is 147 Å². The molecule has 5 rings (SSSR count). The minimum Gasteiger partial charge on any atom is -0.481 e. The van der Waals surface area contributed by atoms with Gasteiger partial charge in [-0.2, -0.15) is 5.10 Å². The van der Waals surface area contributed by atoms with Crippen LogP contribution in [0.4, 0.5) is 0 Å². The number of rotatable bonds is 14. The number of hydrogen-bond donors (Lipinski definition) is 4. The Bertz CT molecular complexity index is 1510. The van der Waals surface area contributed by atoms with Crippen molar-refractivity contribution in [2.45, 2.75) is 68.9 Å². The number of ether oxygens (including phenoxy) is 2. The van der Waals surface area contributed by atoms with Crippen molar-refractivity contribution in [3.8, 4) is 11.1 Å². The van der Waals surface area contributed by atoms with Crippen LogP contribution in [0.1, 0.15) is 66.8 Å². The number of H-pyrrole nitrogens is 1. The van der Waals surface area contributed by atoms with Crippen molar-refractivity contribution in [1.29, 1.82) is 0 Å². The zero-order valence-corrected chi connectivity index (χ0v) is 25.0. The van der Waals surface area contributed by atoms with E-state index in [2.05, 4.69) is 32.6 Å². The number of benzene rings is 3. The molecule has 1 aliphatic heterocycles. The van der Waals surface area contributed by atoms with Crippen LogP contribution in [0, 0.1) is 0 Å². The van der Waals surface area contributed by atoms with E-state index in [9.17, 15) is 14.7 Å². The van der Waals surface area contributed by atoms with Crippen LogP contribution in [0.3, 0.4) is 0 Å². The van der Waals surface area contributed by atoms with Crippen LogP contribution in [0.5, 0.6) is 0 Å². The van der Waals surface area contributed by atoms with Gasteiger partial charge in [0.05, 0.1) is 18.8 Å². The highest BCUT2D eigenvalue weighted by Crippen LogP contribution is 2.40. The average molecular weight is 617 g/mol. The summed E-state index contributed by atoms with van der Waals surface area (Å²) in [5, 5.41) is 28.7. The SMILES string of the molecule is O=C(O)CCCCC(=O)NCc1cccc(-c2cccc([C@H]3O[C@@H](CSc4ncn[nH]4)C[C@@H](c4ccc(CO)cc4)O3)c2)c1. The lowest BCUT2D eigenvalue weighted by molar-refractivity contribution is -0.245. The quantitative estimate of drug-likeness (QED) is 0.106. The Morgan fingerprint density at radius 2 is 1.70 bits per heavy atom. The fourth-order valence-corrected chi connectivity index (χ4v) is 5.83. The van der Waals surface area contributed by atoms with Crippen LogP contribution in [-0.4, -0.2) is 49.1 Å². The molecule has 0 bridgehead atoms. The summed E-state index contributed by atoms with van der Waals surface area (Å²) in [6.07, 6.45) is 2.69. The summed E-state index contributed by atoms with van der Waals surface area (Å²) in [5.74, 6) is -0.262. The minimum absolute atomic E-state index is 0.0110. The summed E-state index contributed by atoms with van der Waals surface area (Å²) >= 11 is 1.55. The molecular weight excluding hydrogens is 580 g/mol. The Labute approximate surface area is 260 Å². The van der Waals surface area contributed by atoms with Gasteiger partial charge in [0.25, 0.3) is 0 Å². The van der Waals surface area contributed by atoms with E-state index in [0.29, 0.717) is 38.0 Å². The number of amides is 1. The van der Waals surface area contributed by atoms with E-state index >= 15 is 0 Å². The minimum atomic E-state index is -0.845. The lowest BCUT2D eigenvalue weighted by Crippen LogP contribution is -2.31. The fourth-order valence-electron chi connectivity index (χ4n) is 5.03. The Kier molecular flexibility index (Phi) is 11.1. The molecule has 11 heteroatoms. The third-order valence-electron chi connectivity index (χ3n) is 7.37. The predicted octanol–water partition coefficient (Wildman–Crippen LogP) is 5.56.